The lowest BCUT2D eigenvalue weighted by Gasteiger charge is -2.37. The first kappa shape index (κ1) is 16.9. The largest absolute Gasteiger partial charge is 0.311 e. The molecule has 1 aliphatic rings. The third-order valence-corrected chi connectivity index (χ3v) is 4.35. The van der Waals surface area contributed by atoms with E-state index in [2.05, 4.69) is 50.0 Å². The quantitative estimate of drug-likeness (QED) is 0.730. The van der Waals surface area contributed by atoms with Crippen LogP contribution in [0.15, 0.2) is 0 Å². The molecule has 3 atom stereocenters. The highest BCUT2D eigenvalue weighted by atomic mass is 15.1. The zero-order valence-electron chi connectivity index (χ0n) is 13.8. The monoisotopic (exact) mass is 269 g/mol. The first-order valence-corrected chi connectivity index (χ1v) is 8.16. The minimum absolute atomic E-state index is 0.624. The zero-order chi connectivity index (χ0) is 14.3. The van der Waals surface area contributed by atoms with Gasteiger partial charge in [0, 0.05) is 18.6 Å². The van der Waals surface area contributed by atoms with E-state index < -0.39 is 0 Å². The molecule has 1 aliphatic heterocycles. The summed E-state index contributed by atoms with van der Waals surface area (Å²) >= 11 is 0. The fourth-order valence-electron chi connectivity index (χ4n) is 3.14. The molecule has 19 heavy (non-hydrogen) atoms. The van der Waals surface area contributed by atoms with Crippen LogP contribution in [0, 0.1) is 5.92 Å². The molecule has 1 fully saturated rings. The van der Waals surface area contributed by atoms with E-state index in [1.165, 1.54) is 51.9 Å². The van der Waals surface area contributed by atoms with E-state index >= 15 is 0 Å². The molecule has 0 radical (unpaired) electrons. The van der Waals surface area contributed by atoms with Gasteiger partial charge in [-0.1, -0.05) is 6.92 Å². The Balaban J connectivity index is 2.29. The van der Waals surface area contributed by atoms with Gasteiger partial charge < -0.3 is 15.1 Å². The van der Waals surface area contributed by atoms with Gasteiger partial charge in [-0.2, -0.15) is 0 Å². The van der Waals surface area contributed by atoms with Crippen molar-refractivity contribution in [2.45, 2.75) is 58.5 Å². The van der Waals surface area contributed by atoms with Crippen molar-refractivity contribution in [1.29, 1.82) is 0 Å². The third kappa shape index (κ3) is 6.73. The average Bonchev–Trinajstić information content (AvgIpc) is 2.37. The maximum absolute atomic E-state index is 3.81. The van der Waals surface area contributed by atoms with Gasteiger partial charge in [-0.25, -0.2) is 0 Å². The highest BCUT2D eigenvalue weighted by Crippen LogP contribution is 2.20. The molecule has 0 saturated carbocycles. The number of likely N-dealkylation sites (tertiary alicyclic amines) is 1. The summed E-state index contributed by atoms with van der Waals surface area (Å²) in [5, 5.41) is 3.81. The molecule has 0 aliphatic carbocycles. The second-order valence-corrected chi connectivity index (χ2v) is 6.65. The third-order valence-electron chi connectivity index (χ3n) is 4.35. The topological polar surface area (TPSA) is 18.5 Å². The Morgan fingerprint density at radius 2 is 2.05 bits per heavy atom. The van der Waals surface area contributed by atoms with E-state index in [0.29, 0.717) is 12.1 Å². The van der Waals surface area contributed by atoms with Crippen LogP contribution in [0.25, 0.3) is 0 Å². The summed E-state index contributed by atoms with van der Waals surface area (Å²) in [5.41, 5.74) is 0. The fraction of sp³-hybridized carbons (Fsp3) is 1.00. The molecule has 0 bridgehead atoms. The SMILES string of the molecule is CCCN1CCCC(C(C)NC(C)CCN(C)C)C1. The molecule has 3 unspecified atom stereocenters. The van der Waals surface area contributed by atoms with Crippen LogP contribution in [-0.4, -0.2) is 62.2 Å². The number of hydrogen-bond acceptors (Lipinski definition) is 3. The maximum Gasteiger partial charge on any atom is 0.00817 e. The van der Waals surface area contributed by atoms with Crippen LogP contribution in [0.4, 0.5) is 0 Å². The highest BCUT2D eigenvalue weighted by molar-refractivity contribution is 4.82. The summed E-state index contributed by atoms with van der Waals surface area (Å²) in [6, 6.07) is 1.27. The van der Waals surface area contributed by atoms with Gasteiger partial charge in [0.2, 0.25) is 0 Å². The number of hydrogen-bond donors (Lipinski definition) is 1. The molecule has 3 heteroatoms. The van der Waals surface area contributed by atoms with Gasteiger partial charge in [0.1, 0.15) is 0 Å². The Kier molecular flexibility index (Phi) is 7.96. The molecular formula is C16H35N3. The second kappa shape index (κ2) is 8.93. The van der Waals surface area contributed by atoms with Gasteiger partial charge >= 0.3 is 0 Å². The maximum atomic E-state index is 3.81. The summed E-state index contributed by atoms with van der Waals surface area (Å²) in [4.78, 5) is 4.92. The molecule has 1 saturated heterocycles. The lowest BCUT2D eigenvalue weighted by atomic mass is 9.91. The van der Waals surface area contributed by atoms with Gasteiger partial charge in [0.15, 0.2) is 0 Å². The van der Waals surface area contributed by atoms with Gasteiger partial charge in [0.25, 0.3) is 0 Å². The van der Waals surface area contributed by atoms with Crippen molar-refractivity contribution in [1.82, 2.24) is 15.1 Å². The van der Waals surface area contributed by atoms with Gasteiger partial charge in [0.05, 0.1) is 0 Å². The summed E-state index contributed by atoms with van der Waals surface area (Å²) in [6.07, 6.45) is 5.30. The smallest absolute Gasteiger partial charge is 0.00817 e. The molecule has 0 amide bonds. The first-order chi connectivity index (χ1) is 9.02. The minimum atomic E-state index is 0.624. The summed E-state index contributed by atoms with van der Waals surface area (Å²) in [6.45, 7) is 12.1. The van der Waals surface area contributed by atoms with E-state index in [-0.39, 0.29) is 0 Å². The van der Waals surface area contributed by atoms with Crippen LogP contribution < -0.4 is 5.32 Å². The number of rotatable bonds is 8. The predicted octanol–water partition coefficient (Wildman–Crippen LogP) is 2.43. The number of nitrogens with zero attached hydrogens (tertiary/aromatic N) is 2. The van der Waals surface area contributed by atoms with Crippen molar-refractivity contribution < 1.29 is 0 Å². The Bertz CT molecular complexity index is 228. The molecule has 0 spiro atoms. The summed E-state index contributed by atoms with van der Waals surface area (Å²) in [7, 11) is 4.31. The average molecular weight is 269 g/mol. The lowest BCUT2D eigenvalue weighted by Crippen LogP contribution is -2.47. The van der Waals surface area contributed by atoms with Crippen molar-refractivity contribution in [2.75, 3.05) is 40.3 Å². The van der Waals surface area contributed by atoms with E-state index in [1.54, 1.807) is 0 Å². The first-order valence-electron chi connectivity index (χ1n) is 8.16. The molecule has 3 nitrogen and oxygen atoms in total. The van der Waals surface area contributed by atoms with Crippen LogP contribution in [-0.2, 0) is 0 Å². The summed E-state index contributed by atoms with van der Waals surface area (Å²) in [5.74, 6) is 0.835. The molecule has 1 N–H and O–H groups in total. The van der Waals surface area contributed by atoms with E-state index in [1.807, 2.05) is 0 Å². The van der Waals surface area contributed by atoms with E-state index in [9.17, 15) is 0 Å². The van der Waals surface area contributed by atoms with Crippen LogP contribution in [0.1, 0.15) is 46.5 Å². The number of nitrogens with one attached hydrogen (secondary N) is 1. The Morgan fingerprint density at radius 1 is 1.32 bits per heavy atom. The Morgan fingerprint density at radius 3 is 2.68 bits per heavy atom. The van der Waals surface area contributed by atoms with Crippen LogP contribution in [0.2, 0.25) is 0 Å². The summed E-state index contributed by atoms with van der Waals surface area (Å²) < 4.78 is 0. The predicted molar refractivity (Wildman–Crippen MR) is 84.7 cm³/mol. The van der Waals surface area contributed by atoms with Crippen molar-refractivity contribution >= 4 is 0 Å². The lowest BCUT2D eigenvalue weighted by molar-refractivity contribution is 0.146. The minimum Gasteiger partial charge on any atom is -0.311 e. The molecule has 0 aromatic rings. The van der Waals surface area contributed by atoms with Crippen LogP contribution in [0.3, 0.4) is 0 Å². The zero-order valence-corrected chi connectivity index (χ0v) is 13.8. The van der Waals surface area contributed by atoms with Crippen molar-refractivity contribution in [2.24, 2.45) is 5.92 Å². The molecule has 114 valence electrons. The van der Waals surface area contributed by atoms with E-state index in [4.69, 9.17) is 0 Å². The molecular weight excluding hydrogens is 234 g/mol. The van der Waals surface area contributed by atoms with Gasteiger partial charge in [-0.05, 0) is 79.2 Å². The molecule has 0 aromatic heterocycles. The second-order valence-electron chi connectivity index (χ2n) is 6.65. The Hall–Kier alpha value is -0.120. The van der Waals surface area contributed by atoms with Gasteiger partial charge in [-0.15, -0.1) is 0 Å². The molecule has 1 heterocycles. The standard InChI is InChI=1S/C16H35N3/c1-6-10-19-11-7-8-16(13-19)15(3)17-14(2)9-12-18(4)5/h14-17H,6-13H2,1-5H3. The van der Waals surface area contributed by atoms with Crippen molar-refractivity contribution in [3.05, 3.63) is 0 Å². The van der Waals surface area contributed by atoms with Crippen molar-refractivity contribution in [3.8, 4) is 0 Å². The molecule has 0 aromatic carbocycles. The highest BCUT2D eigenvalue weighted by Gasteiger charge is 2.24. The van der Waals surface area contributed by atoms with Gasteiger partial charge in [-0.3, -0.25) is 0 Å². The van der Waals surface area contributed by atoms with Crippen LogP contribution >= 0.6 is 0 Å². The Labute approximate surface area is 120 Å². The van der Waals surface area contributed by atoms with Crippen molar-refractivity contribution in [3.63, 3.8) is 0 Å². The van der Waals surface area contributed by atoms with Crippen LogP contribution in [0.5, 0.6) is 0 Å². The molecule has 1 rings (SSSR count). The normalized spacial score (nSPS) is 24.6. The van der Waals surface area contributed by atoms with E-state index in [0.717, 1.165) is 5.92 Å². The number of piperidine rings is 1. The fourth-order valence-corrected chi connectivity index (χ4v) is 3.14.